The van der Waals surface area contributed by atoms with Gasteiger partial charge in [-0.15, -0.1) is 0 Å². The van der Waals surface area contributed by atoms with Crippen molar-refractivity contribution in [1.29, 1.82) is 0 Å². The van der Waals surface area contributed by atoms with Crippen molar-refractivity contribution in [2.45, 2.75) is 40.0 Å². The number of rotatable bonds is 6. The first-order valence-electron chi connectivity index (χ1n) is 11.0. The first-order valence-corrected chi connectivity index (χ1v) is 11.0. The maximum Gasteiger partial charge on any atom is 0.254 e. The molecule has 3 heterocycles. The lowest BCUT2D eigenvalue weighted by molar-refractivity contribution is 0.0948. The third-order valence-electron chi connectivity index (χ3n) is 6.04. The van der Waals surface area contributed by atoms with E-state index in [0.29, 0.717) is 12.1 Å². The van der Waals surface area contributed by atoms with Gasteiger partial charge in [0.15, 0.2) is 5.65 Å². The molecule has 4 rings (SSSR count). The topological polar surface area (TPSA) is 62.5 Å². The molecule has 6 heteroatoms. The fourth-order valence-corrected chi connectivity index (χ4v) is 4.46. The zero-order valence-corrected chi connectivity index (χ0v) is 18.2. The van der Waals surface area contributed by atoms with Crippen molar-refractivity contribution in [1.82, 2.24) is 24.8 Å². The largest absolute Gasteiger partial charge is 0.352 e. The highest BCUT2D eigenvalue weighted by Gasteiger charge is 2.19. The van der Waals surface area contributed by atoms with Gasteiger partial charge in [-0.1, -0.05) is 37.3 Å². The van der Waals surface area contributed by atoms with Gasteiger partial charge in [0.1, 0.15) is 0 Å². The Kier molecular flexibility index (Phi) is 6.13. The van der Waals surface area contributed by atoms with Crippen LogP contribution in [0, 0.1) is 19.8 Å². The van der Waals surface area contributed by atoms with Crippen molar-refractivity contribution in [2.24, 2.45) is 5.92 Å². The molecule has 1 aliphatic rings. The van der Waals surface area contributed by atoms with Crippen LogP contribution in [0.15, 0.2) is 36.5 Å². The predicted molar refractivity (Wildman–Crippen MR) is 120 cm³/mol. The number of hydrogen-bond donors (Lipinski definition) is 1. The maximum atomic E-state index is 12.8. The van der Waals surface area contributed by atoms with E-state index >= 15 is 0 Å². The first kappa shape index (κ1) is 20.5. The van der Waals surface area contributed by atoms with Crippen molar-refractivity contribution in [2.75, 3.05) is 26.2 Å². The lowest BCUT2D eigenvalue weighted by Gasteiger charge is -2.30. The van der Waals surface area contributed by atoms with E-state index in [-0.39, 0.29) is 5.91 Å². The number of benzene rings is 1. The summed E-state index contributed by atoms with van der Waals surface area (Å²) in [5.74, 6) is 0.704. The molecular weight excluding hydrogens is 374 g/mol. The molecule has 1 amide bonds. The van der Waals surface area contributed by atoms with Gasteiger partial charge in [-0.25, -0.2) is 9.50 Å². The second-order valence-electron chi connectivity index (χ2n) is 8.48. The molecule has 0 unspecified atom stereocenters. The van der Waals surface area contributed by atoms with E-state index in [2.05, 4.69) is 39.4 Å². The van der Waals surface area contributed by atoms with Crippen molar-refractivity contribution >= 4 is 11.6 Å². The van der Waals surface area contributed by atoms with Crippen molar-refractivity contribution < 1.29 is 4.79 Å². The van der Waals surface area contributed by atoms with Crippen LogP contribution < -0.4 is 5.32 Å². The third kappa shape index (κ3) is 4.24. The summed E-state index contributed by atoms with van der Waals surface area (Å²) in [5, 5.41) is 7.73. The van der Waals surface area contributed by atoms with Crippen LogP contribution in [0.2, 0.25) is 0 Å². The summed E-state index contributed by atoms with van der Waals surface area (Å²) in [5.41, 5.74) is 5.18. The Morgan fingerprint density at radius 1 is 1.23 bits per heavy atom. The van der Waals surface area contributed by atoms with Gasteiger partial charge in [0.25, 0.3) is 5.91 Å². The number of aryl methyl sites for hydroxylation is 2. The van der Waals surface area contributed by atoms with E-state index in [9.17, 15) is 4.79 Å². The first-order chi connectivity index (χ1) is 14.5. The Morgan fingerprint density at radius 2 is 2.03 bits per heavy atom. The molecule has 158 valence electrons. The number of amides is 1. The summed E-state index contributed by atoms with van der Waals surface area (Å²) in [7, 11) is 0. The van der Waals surface area contributed by atoms with Gasteiger partial charge in [-0.3, -0.25) is 4.79 Å². The molecule has 1 aliphatic heterocycles. The van der Waals surface area contributed by atoms with Gasteiger partial charge < -0.3 is 10.2 Å². The highest BCUT2D eigenvalue weighted by molar-refractivity contribution is 5.95. The summed E-state index contributed by atoms with van der Waals surface area (Å²) < 4.78 is 1.79. The number of piperidine rings is 1. The molecule has 1 aromatic carbocycles. The van der Waals surface area contributed by atoms with Crippen LogP contribution in [0.4, 0.5) is 0 Å². The Hall–Kier alpha value is -2.73. The third-order valence-corrected chi connectivity index (χ3v) is 6.04. The number of likely N-dealkylation sites (tertiary alicyclic amines) is 1. The van der Waals surface area contributed by atoms with E-state index in [0.717, 1.165) is 47.0 Å². The van der Waals surface area contributed by atoms with Gasteiger partial charge in [-0.2, -0.15) is 5.10 Å². The molecule has 3 aromatic rings. The van der Waals surface area contributed by atoms with Gasteiger partial charge >= 0.3 is 0 Å². The van der Waals surface area contributed by atoms with Crippen LogP contribution in [-0.4, -0.2) is 51.6 Å². The lowest BCUT2D eigenvalue weighted by Crippen LogP contribution is -2.36. The average Bonchev–Trinajstić information content (AvgIpc) is 3.09. The zero-order chi connectivity index (χ0) is 21.1. The normalized spacial score (nSPS) is 17.4. The average molecular weight is 406 g/mol. The maximum absolute atomic E-state index is 12.8. The summed E-state index contributed by atoms with van der Waals surface area (Å²) in [4.78, 5) is 19.9. The summed E-state index contributed by atoms with van der Waals surface area (Å²) >= 11 is 0. The number of nitrogens with one attached hydrogen (secondary N) is 1. The highest BCUT2D eigenvalue weighted by Crippen LogP contribution is 2.27. The number of aromatic nitrogens is 3. The van der Waals surface area contributed by atoms with Crippen LogP contribution in [0.1, 0.15) is 47.9 Å². The smallest absolute Gasteiger partial charge is 0.254 e. The molecule has 1 N–H and O–H groups in total. The van der Waals surface area contributed by atoms with Crippen molar-refractivity contribution in [3.05, 3.63) is 53.5 Å². The van der Waals surface area contributed by atoms with Gasteiger partial charge in [-0.05, 0) is 57.7 Å². The van der Waals surface area contributed by atoms with Crippen molar-refractivity contribution in [3.63, 3.8) is 0 Å². The number of carbonyl (C=O) groups is 1. The monoisotopic (exact) mass is 405 g/mol. The second-order valence-corrected chi connectivity index (χ2v) is 8.48. The van der Waals surface area contributed by atoms with E-state index in [1.807, 2.05) is 32.0 Å². The Bertz CT molecular complexity index is 1030. The van der Waals surface area contributed by atoms with Crippen LogP contribution in [0.25, 0.3) is 16.8 Å². The van der Waals surface area contributed by atoms with Crippen LogP contribution in [-0.2, 0) is 0 Å². The Morgan fingerprint density at radius 3 is 2.80 bits per heavy atom. The molecule has 1 atom stereocenters. The molecule has 6 nitrogen and oxygen atoms in total. The number of fused-ring (bicyclic) bond motifs is 1. The van der Waals surface area contributed by atoms with Gasteiger partial charge in [0.05, 0.1) is 17.0 Å². The van der Waals surface area contributed by atoms with Crippen LogP contribution in [0.5, 0.6) is 0 Å². The van der Waals surface area contributed by atoms with E-state index < -0.39 is 0 Å². The predicted octanol–water partition coefficient (Wildman–Crippen LogP) is 3.86. The molecule has 0 radical (unpaired) electrons. The van der Waals surface area contributed by atoms with Gasteiger partial charge in [0.2, 0.25) is 0 Å². The fourth-order valence-electron chi connectivity index (χ4n) is 4.46. The molecule has 2 aromatic heterocycles. The second kappa shape index (κ2) is 8.96. The van der Waals surface area contributed by atoms with E-state index in [1.165, 1.54) is 25.9 Å². The van der Waals surface area contributed by atoms with Gasteiger partial charge in [0, 0.05) is 24.8 Å². The summed E-state index contributed by atoms with van der Waals surface area (Å²) in [6.45, 7) is 10.3. The van der Waals surface area contributed by atoms with Crippen LogP contribution >= 0.6 is 0 Å². The minimum Gasteiger partial charge on any atom is -0.352 e. The fraction of sp³-hybridized carbons (Fsp3) is 0.458. The molecule has 30 heavy (non-hydrogen) atoms. The SMILES string of the molecule is Cc1nn2c(C)c(C(=O)NCCCN3CCC[C@H](C)C3)cnc2c1-c1ccccc1. The van der Waals surface area contributed by atoms with E-state index in [4.69, 9.17) is 0 Å². The molecule has 0 spiro atoms. The molecule has 1 saturated heterocycles. The molecule has 0 aliphatic carbocycles. The van der Waals surface area contributed by atoms with E-state index in [1.54, 1.807) is 10.7 Å². The summed E-state index contributed by atoms with van der Waals surface area (Å²) in [6, 6.07) is 10.1. The van der Waals surface area contributed by atoms with Crippen molar-refractivity contribution in [3.8, 4) is 11.1 Å². The number of carbonyl (C=O) groups excluding carboxylic acids is 1. The standard InChI is InChI=1S/C24H31N5O/c1-17-9-7-13-28(16-17)14-8-12-25-24(30)21-15-26-23-22(20-10-5-4-6-11-20)18(2)27-29(23)19(21)3/h4-6,10-11,15,17H,7-9,12-14,16H2,1-3H3,(H,25,30)/t17-/m0/s1. The van der Waals surface area contributed by atoms with Crippen LogP contribution in [0.3, 0.4) is 0 Å². The molecule has 0 saturated carbocycles. The Balaban J connectivity index is 1.44. The lowest BCUT2D eigenvalue weighted by atomic mass is 10.0. The summed E-state index contributed by atoms with van der Waals surface area (Å²) in [6.07, 6.45) is 5.26. The zero-order valence-electron chi connectivity index (χ0n) is 18.2. The minimum absolute atomic E-state index is 0.0803. The molecule has 1 fully saturated rings. The molecule has 0 bridgehead atoms. The Labute approximate surface area is 178 Å². The number of nitrogens with zero attached hydrogens (tertiary/aromatic N) is 4. The minimum atomic E-state index is -0.0803. The highest BCUT2D eigenvalue weighted by atomic mass is 16.1. The molecular formula is C24H31N5O. The quantitative estimate of drug-likeness (QED) is 0.633. The number of hydrogen-bond acceptors (Lipinski definition) is 4.